The van der Waals surface area contributed by atoms with Gasteiger partial charge in [0, 0.05) is 16.3 Å². The minimum Gasteiger partial charge on any atom is -0.293 e. The molecule has 0 saturated carbocycles. The lowest BCUT2D eigenvalue weighted by Gasteiger charge is -2.10. The van der Waals surface area contributed by atoms with Gasteiger partial charge in [0.1, 0.15) is 0 Å². The number of carbonyl (C=O) groups excluding carboxylic acids is 1. The normalized spacial score (nSPS) is 12.1. The van der Waals surface area contributed by atoms with Gasteiger partial charge < -0.3 is 0 Å². The van der Waals surface area contributed by atoms with Gasteiger partial charge in [0.25, 0.3) is 0 Å². The van der Waals surface area contributed by atoms with Crippen molar-refractivity contribution in [1.82, 2.24) is 0 Å². The maximum Gasteiger partial charge on any atom is 0.175 e. The first kappa shape index (κ1) is 14.2. The van der Waals surface area contributed by atoms with Gasteiger partial charge in [-0.05, 0) is 24.6 Å². The summed E-state index contributed by atoms with van der Waals surface area (Å²) in [6, 6.07) is 17.2. The summed E-state index contributed by atoms with van der Waals surface area (Å²) in [6.07, 6.45) is 0. The Hall–Kier alpha value is -1.25. The lowest BCUT2D eigenvalue weighted by molar-refractivity contribution is 0.0994. The van der Waals surface area contributed by atoms with Crippen LogP contribution in [-0.4, -0.2) is 11.0 Å². The van der Waals surface area contributed by atoms with Gasteiger partial charge in [-0.25, -0.2) is 0 Å². The number of ketones is 1. The molecule has 0 amide bonds. The predicted octanol–water partition coefficient (Wildman–Crippen LogP) is 4.84. The molecule has 0 aromatic heterocycles. The summed E-state index contributed by atoms with van der Waals surface area (Å²) >= 11 is 7.49. The predicted molar refractivity (Wildman–Crippen MR) is 83.0 cm³/mol. The molecule has 1 atom stereocenters. The average molecular weight is 291 g/mol. The third-order valence-corrected chi connectivity index (χ3v) is 4.31. The van der Waals surface area contributed by atoms with Crippen molar-refractivity contribution in [2.45, 2.75) is 17.9 Å². The molecule has 98 valence electrons. The largest absolute Gasteiger partial charge is 0.293 e. The molecule has 3 heteroatoms. The highest BCUT2D eigenvalue weighted by Crippen LogP contribution is 2.22. The van der Waals surface area contributed by atoms with Gasteiger partial charge in [0.15, 0.2) is 5.78 Å². The van der Waals surface area contributed by atoms with E-state index in [0.717, 1.165) is 16.3 Å². The van der Waals surface area contributed by atoms with Gasteiger partial charge in [-0.1, -0.05) is 54.1 Å². The molecule has 0 bridgehead atoms. The van der Waals surface area contributed by atoms with E-state index in [2.05, 4.69) is 0 Å². The van der Waals surface area contributed by atoms with Crippen molar-refractivity contribution in [2.75, 3.05) is 0 Å². The van der Waals surface area contributed by atoms with Crippen LogP contribution in [0.25, 0.3) is 0 Å². The van der Waals surface area contributed by atoms with Crippen LogP contribution in [0.4, 0.5) is 0 Å². The fourth-order valence-corrected chi connectivity index (χ4v) is 2.76. The number of carbonyl (C=O) groups is 1. The van der Waals surface area contributed by atoms with Crippen molar-refractivity contribution in [2.24, 2.45) is 0 Å². The lowest BCUT2D eigenvalue weighted by Crippen LogP contribution is -2.13. The van der Waals surface area contributed by atoms with Gasteiger partial charge in [0.2, 0.25) is 0 Å². The van der Waals surface area contributed by atoms with Crippen molar-refractivity contribution in [3.05, 3.63) is 70.7 Å². The van der Waals surface area contributed by atoms with E-state index in [-0.39, 0.29) is 11.0 Å². The minimum atomic E-state index is -0.0434. The molecular weight excluding hydrogens is 276 g/mol. The summed E-state index contributed by atoms with van der Waals surface area (Å²) in [5.74, 6) is 0.997. The van der Waals surface area contributed by atoms with E-state index < -0.39 is 0 Å². The highest BCUT2D eigenvalue weighted by atomic mass is 35.5. The molecular formula is C16H15ClOS. The molecule has 0 aliphatic carbocycles. The average Bonchev–Trinajstić information content (AvgIpc) is 2.46. The van der Waals surface area contributed by atoms with Crippen LogP contribution in [0, 0.1) is 0 Å². The Kier molecular flexibility index (Phi) is 5.06. The second kappa shape index (κ2) is 6.78. The van der Waals surface area contributed by atoms with Gasteiger partial charge in [-0.3, -0.25) is 4.79 Å². The van der Waals surface area contributed by atoms with E-state index in [9.17, 15) is 4.79 Å². The van der Waals surface area contributed by atoms with Gasteiger partial charge >= 0.3 is 0 Å². The third-order valence-electron chi connectivity index (χ3n) is 2.84. The second-order valence-corrected chi connectivity index (χ2v) is 6.08. The molecule has 0 radical (unpaired) electrons. The summed E-state index contributed by atoms with van der Waals surface area (Å²) in [5, 5.41) is 0.695. The van der Waals surface area contributed by atoms with E-state index in [1.807, 2.05) is 61.5 Å². The molecule has 19 heavy (non-hydrogen) atoms. The van der Waals surface area contributed by atoms with Crippen LogP contribution in [0.1, 0.15) is 22.8 Å². The molecule has 2 aromatic carbocycles. The number of hydrogen-bond acceptors (Lipinski definition) is 2. The van der Waals surface area contributed by atoms with Crippen molar-refractivity contribution < 1.29 is 4.79 Å². The quantitative estimate of drug-likeness (QED) is 0.733. The summed E-state index contributed by atoms with van der Waals surface area (Å²) in [5.41, 5.74) is 1.96. The third kappa shape index (κ3) is 4.12. The molecule has 0 aliphatic heterocycles. The van der Waals surface area contributed by atoms with E-state index in [0.29, 0.717) is 0 Å². The molecule has 0 spiro atoms. The van der Waals surface area contributed by atoms with E-state index in [1.54, 1.807) is 11.8 Å². The van der Waals surface area contributed by atoms with Crippen LogP contribution >= 0.6 is 23.4 Å². The molecule has 0 aliphatic rings. The fourth-order valence-electron chi connectivity index (χ4n) is 1.71. The fraction of sp³-hybridized carbons (Fsp3) is 0.188. The Morgan fingerprint density at radius 2 is 1.74 bits per heavy atom. The number of benzene rings is 2. The summed E-state index contributed by atoms with van der Waals surface area (Å²) in [6.45, 7) is 1.95. The number of thioether (sulfide) groups is 1. The van der Waals surface area contributed by atoms with Crippen molar-refractivity contribution in [3.63, 3.8) is 0 Å². The number of Topliss-reactive ketones (excluding diaryl/α,β-unsaturated/α-hetero) is 1. The number of hydrogen-bond donors (Lipinski definition) is 0. The molecule has 2 aromatic rings. The Balaban J connectivity index is 1.92. The van der Waals surface area contributed by atoms with Crippen LogP contribution in [0.2, 0.25) is 5.02 Å². The monoisotopic (exact) mass is 290 g/mol. The molecule has 0 heterocycles. The number of rotatable bonds is 5. The van der Waals surface area contributed by atoms with Gasteiger partial charge in [-0.15, -0.1) is 11.8 Å². The van der Waals surface area contributed by atoms with Crippen LogP contribution in [0.5, 0.6) is 0 Å². The Morgan fingerprint density at radius 3 is 2.37 bits per heavy atom. The molecule has 1 unspecified atom stereocenters. The summed E-state index contributed by atoms with van der Waals surface area (Å²) in [7, 11) is 0. The zero-order valence-corrected chi connectivity index (χ0v) is 12.2. The zero-order chi connectivity index (χ0) is 13.7. The smallest absolute Gasteiger partial charge is 0.175 e. The van der Waals surface area contributed by atoms with E-state index >= 15 is 0 Å². The summed E-state index contributed by atoms with van der Waals surface area (Å²) < 4.78 is 0. The van der Waals surface area contributed by atoms with Crippen LogP contribution in [-0.2, 0) is 5.75 Å². The standard InChI is InChI=1S/C16H15ClOS/c1-12(16(18)14-5-3-2-4-6-14)19-11-13-7-9-15(17)10-8-13/h2-10,12H,11H2,1H3. The Morgan fingerprint density at radius 1 is 1.11 bits per heavy atom. The Bertz CT molecular complexity index is 536. The van der Waals surface area contributed by atoms with Gasteiger partial charge in [-0.2, -0.15) is 0 Å². The molecule has 1 nitrogen and oxygen atoms in total. The first-order valence-electron chi connectivity index (χ1n) is 6.12. The number of halogens is 1. The first-order valence-corrected chi connectivity index (χ1v) is 7.55. The minimum absolute atomic E-state index is 0.0434. The molecule has 0 saturated heterocycles. The highest BCUT2D eigenvalue weighted by molar-refractivity contribution is 7.99. The van der Waals surface area contributed by atoms with E-state index in [4.69, 9.17) is 11.6 Å². The highest BCUT2D eigenvalue weighted by Gasteiger charge is 2.15. The lowest BCUT2D eigenvalue weighted by atomic mass is 10.1. The van der Waals surface area contributed by atoms with Crippen molar-refractivity contribution in [1.29, 1.82) is 0 Å². The first-order chi connectivity index (χ1) is 9.16. The SMILES string of the molecule is CC(SCc1ccc(Cl)cc1)C(=O)c1ccccc1. The summed E-state index contributed by atoms with van der Waals surface area (Å²) in [4.78, 5) is 12.2. The zero-order valence-electron chi connectivity index (χ0n) is 10.7. The maximum absolute atomic E-state index is 12.2. The molecule has 0 N–H and O–H groups in total. The molecule has 2 rings (SSSR count). The van der Waals surface area contributed by atoms with Gasteiger partial charge in [0.05, 0.1) is 5.25 Å². The van der Waals surface area contributed by atoms with E-state index in [1.165, 1.54) is 5.56 Å². The maximum atomic E-state index is 12.2. The Labute approximate surface area is 123 Å². The second-order valence-electron chi connectivity index (χ2n) is 4.31. The van der Waals surface area contributed by atoms with Crippen LogP contribution < -0.4 is 0 Å². The molecule has 0 fully saturated rings. The van der Waals surface area contributed by atoms with Crippen LogP contribution in [0.3, 0.4) is 0 Å². The van der Waals surface area contributed by atoms with Crippen molar-refractivity contribution >= 4 is 29.1 Å². The topological polar surface area (TPSA) is 17.1 Å². The van der Waals surface area contributed by atoms with Crippen molar-refractivity contribution in [3.8, 4) is 0 Å². The van der Waals surface area contributed by atoms with Crippen LogP contribution in [0.15, 0.2) is 54.6 Å².